The number of nitrogen functional groups attached to an aromatic ring is 2. The molecule has 0 bridgehead atoms. The maximum absolute atomic E-state index is 12.0. The number of rotatable bonds is 6. The van der Waals surface area contributed by atoms with Crippen LogP contribution in [0.15, 0.2) is 116 Å². The summed E-state index contributed by atoms with van der Waals surface area (Å²) in [4.78, 5) is 9.68. The van der Waals surface area contributed by atoms with Crippen molar-refractivity contribution in [2.24, 2.45) is 20.5 Å². The smallest absolute Gasteiger partial charge is 0.871 e. The minimum Gasteiger partial charge on any atom is -0.871 e. The summed E-state index contributed by atoms with van der Waals surface area (Å²) >= 11 is 0. The van der Waals surface area contributed by atoms with Crippen LogP contribution < -0.4 is 26.8 Å². The predicted octanol–water partition coefficient (Wildman–Crippen LogP) is 4.89. The molecular formula is C28H20CrN7O8S. The number of anilines is 2. The average molecular weight is 667 g/mol. The van der Waals surface area contributed by atoms with Gasteiger partial charge in [-0.05, 0) is 35.7 Å². The van der Waals surface area contributed by atoms with Crippen LogP contribution in [0.1, 0.15) is 0 Å². The molecule has 0 aliphatic rings. The number of nitro groups is 1. The summed E-state index contributed by atoms with van der Waals surface area (Å²) < 4.78 is 30.9. The summed E-state index contributed by atoms with van der Waals surface area (Å²) in [6.07, 6.45) is 0. The Bertz CT molecular complexity index is 2060. The molecule has 0 aliphatic carbocycles. The van der Waals surface area contributed by atoms with Crippen molar-refractivity contribution in [3.05, 3.63) is 101 Å². The molecule has 17 heteroatoms. The molecule has 5 aromatic rings. The third-order valence-corrected chi connectivity index (χ3v) is 6.67. The second-order valence-electron chi connectivity index (χ2n) is 8.87. The number of nitrogens with two attached hydrogens (primary N) is 2. The molecule has 0 heterocycles. The zero-order chi connectivity index (χ0) is 32.0. The van der Waals surface area contributed by atoms with Gasteiger partial charge in [0.15, 0.2) is 0 Å². The number of hydrogen-bond donors (Lipinski definition) is 3. The van der Waals surface area contributed by atoms with E-state index in [4.69, 9.17) is 16.0 Å². The van der Waals surface area contributed by atoms with Crippen molar-refractivity contribution in [2.75, 3.05) is 11.5 Å². The first kappa shape index (κ1) is 33.9. The quantitative estimate of drug-likeness (QED) is 0.0725. The van der Waals surface area contributed by atoms with Gasteiger partial charge in [0.25, 0.3) is 15.8 Å². The second-order valence-corrected chi connectivity index (χ2v) is 10.3. The van der Waals surface area contributed by atoms with Crippen LogP contribution >= 0.6 is 0 Å². The first-order valence-electron chi connectivity index (χ1n) is 12.2. The normalized spacial score (nSPS) is 11.2. The van der Waals surface area contributed by atoms with Crippen molar-refractivity contribution in [1.29, 1.82) is 0 Å². The predicted molar refractivity (Wildman–Crippen MR) is 155 cm³/mol. The Morgan fingerprint density at radius 2 is 1.29 bits per heavy atom. The molecule has 0 spiro atoms. The molecule has 0 unspecified atom stereocenters. The maximum atomic E-state index is 12.0. The molecule has 0 atom stereocenters. The number of azo groups is 2. The van der Waals surface area contributed by atoms with Gasteiger partial charge in [-0.15, -0.1) is 5.11 Å². The molecule has 0 saturated carbocycles. The largest absolute Gasteiger partial charge is 3.00 e. The van der Waals surface area contributed by atoms with Crippen molar-refractivity contribution in [1.82, 2.24) is 0 Å². The Morgan fingerprint density at radius 3 is 1.96 bits per heavy atom. The summed E-state index contributed by atoms with van der Waals surface area (Å²) in [7, 11) is -4.42. The monoisotopic (exact) mass is 666 g/mol. The van der Waals surface area contributed by atoms with Gasteiger partial charge in [0, 0.05) is 23.2 Å². The van der Waals surface area contributed by atoms with E-state index in [-0.39, 0.29) is 57.2 Å². The molecule has 15 nitrogen and oxygen atoms in total. The fourth-order valence-corrected chi connectivity index (χ4v) is 4.15. The van der Waals surface area contributed by atoms with Gasteiger partial charge in [0.2, 0.25) is 0 Å². The van der Waals surface area contributed by atoms with Gasteiger partial charge >= 0.3 is 17.4 Å². The van der Waals surface area contributed by atoms with Crippen LogP contribution in [-0.4, -0.2) is 17.9 Å². The van der Waals surface area contributed by atoms with E-state index in [2.05, 4.69) is 20.5 Å². The molecule has 0 fully saturated rings. The third kappa shape index (κ3) is 8.49. The van der Waals surface area contributed by atoms with Gasteiger partial charge in [-0.1, -0.05) is 65.8 Å². The minimum absolute atomic E-state index is 0. The zero-order valence-corrected chi connectivity index (χ0v) is 24.8. The molecule has 1 radical (unpaired) electrons. The summed E-state index contributed by atoms with van der Waals surface area (Å²) in [6.45, 7) is 0. The summed E-state index contributed by atoms with van der Waals surface area (Å²) in [5.74, 6) is -1.39. The first-order valence-corrected chi connectivity index (χ1v) is 13.7. The van der Waals surface area contributed by atoms with E-state index in [1.807, 2.05) is 12.1 Å². The van der Waals surface area contributed by atoms with Gasteiger partial charge in [0.05, 0.1) is 32.6 Å². The van der Waals surface area contributed by atoms with Crippen LogP contribution in [0.5, 0.6) is 17.2 Å². The Labute approximate surface area is 265 Å². The Morgan fingerprint density at radius 1 is 0.689 bits per heavy atom. The van der Waals surface area contributed by atoms with Crippen molar-refractivity contribution >= 4 is 60.7 Å². The van der Waals surface area contributed by atoms with Crippen LogP contribution in [0.25, 0.3) is 10.8 Å². The van der Waals surface area contributed by atoms with Crippen molar-refractivity contribution in [3.63, 3.8) is 0 Å². The molecule has 5 N–H and O–H groups in total. The van der Waals surface area contributed by atoms with E-state index < -0.39 is 31.4 Å². The average Bonchev–Trinajstić information content (AvgIpc) is 2.97. The molecule has 0 saturated heterocycles. The van der Waals surface area contributed by atoms with Crippen LogP contribution in [0.3, 0.4) is 0 Å². The number of hydrogen-bond acceptors (Lipinski definition) is 13. The Hall–Kier alpha value is -5.60. The molecule has 45 heavy (non-hydrogen) atoms. The number of non-ortho nitro benzene ring substituents is 1. The van der Waals surface area contributed by atoms with Gasteiger partial charge in [0.1, 0.15) is 5.69 Å². The summed E-state index contributed by atoms with van der Waals surface area (Å²) in [5, 5.41) is 62.4. The van der Waals surface area contributed by atoms with Gasteiger partial charge in [-0.3, -0.25) is 14.7 Å². The van der Waals surface area contributed by atoms with Crippen molar-refractivity contribution < 1.29 is 50.6 Å². The van der Waals surface area contributed by atoms with Crippen molar-refractivity contribution in [2.45, 2.75) is 4.90 Å². The van der Waals surface area contributed by atoms with Crippen LogP contribution in [-0.2, 0) is 27.5 Å². The molecular weight excluding hydrogens is 646 g/mol. The van der Waals surface area contributed by atoms with Crippen LogP contribution in [0.4, 0.5) is 39.8 Å². The van der Waals surface area contributed by atoms with Crippen LogP contribution in [0.2, 0.25) is 0 Å². The van der Waals surface area contributed by atoms with E-state index in [1.165, 1.54) is 18.2 Å². The Balaban J connectivity index is 0.000000241. The summed E-state index contributed by atoms with van der Waals surface area (Å²) in [6, 6.07) is 20.7. The topological polar surface area (TPSA) is 268 Å². The SMILES string of the molecule is Nc1ccc(N=Nc2cc(S(=O)(=O)O)ccc2[O-])c(N)c1.O=[N+]([O-])c1ccc([O-])c(N=Nc2c([O-])ccc3ccccc23)c1.[Cr+3]. The van der Waals surface area contributed by atoms with E-state index in [0.29, 0.717) is 11.1 Å². The number of benzene rings is 5. The maximum Gasteiger partial charge on any atom is 3.00 e. The number of fused-ring (bicyclic) bond motifs is 1. The molecule has 0 aliphatic heterocycles. The van der Waals surface area contributed by atoms with E-state index in [1.54, 1.807) is 24.3 Å². The zero-order valence-electron chi connectivity index (χ0n) is 22.7. The van der Waals surface area contributed by atoms with Gasteiger partial charge in [-0.25, -0.2) is 0 Å². The van der Waals surface area contributed by atoms with Gasteiger partial charge in [-0.2, -0.15) is 23.8 Å². The minimum atomic E-state index is -4.42. The molecule has 227 valence electrons. The molecule has 5 rings (SSSR count). The van der Waals surface area contributed by atoms with E-state index in [0.717, 1.165) is 41.8 Å². The van der Waals surface area contributed by atoms with Gasteiger partial charge < -0.3 is 26.8 Å². The second kappa shape index (κ2) is 14.2. The number of nitrogens with zero attached hydrogens (tertiary/aromatic N) is 5. The fourth-order valence-electron chi connectivity index (χ4n) is 3.65. The first-order chi connectivity index (χ1) is 20.8. The number of nitro benzene ring substituents is 1. The molecule has 0 aromatic heterocycles. The van der Waals surface area contributed by atoms with E-state index >= 15 is 0 Å². The summed E-state index contributed by atoms with van der Waals surface area (Å²) in [5.41, 5.74) is 11.6. The standard InChI is InChI=1S/C16H11N3O4.C12H12N4O4S.Cr/c20-14-8-6-11(19(22)23)9-13(14)17-18-16-12-4-2-1-3-10(12)5-7-15(16)21;13-7-1-3-10(9(14)5-7)15-16-11-6-8(21(18,19)20)2-4-12(11)17;/h1-9,20-21H;1-6,17H,13-14H2,(H,18,19,20);/q;;+3/p-3. The third-order valence-electron chi connectivity index (χ3n) is 5.82. The molecule has 0 amide bonds. The van der Waals surface area contributed by atoms with Crippen molar-refractivity contribution in [3.8, 4) is 17.2 Å². The fraction of sp³-hybridized carbons (Fsp3) is 0. The van der Waals surface area contributed by atoms with Crippen LogP contribution in [0, 0.1) is 10.1 Å². The van der Waals surface area contributed by atoms with E-state index in [9.17, 15) is 33.9 Å². The Kier molecular flexibility index (Phi) is 10.7. The molecule has 5 aromatic carbocycles.